The van der Waals surface area contributed by atoms with Crippen molar-refractivity contribution in [3.63, 3.8) is 0 Å². The van der Waals surface area contributed by atoms with Gasteiger partial charge in [-0.25, -0.2) is 4.98 Å². The average Bonchev–Trinajstić information content (AvgIpc) is 2.76. The molecule has 154 valence electrons. The molecule has 3 rings (SSSR count). The van der Waals surface area contributed by atoms with Crippen molar-refractivity contribution in [2.24, 2.45) is 0 Å². The highest BCUT2D eigenvalue weighted by Crippen LogP contribution is 2.31. The van der Waals surface area contributed by atoms with Crippen molar-refractivity contribution in [2.75, 3.05) is 6.61 Å². The fourth-order valence-electron chi connectivity index (χ4n) is 3.10. The maximum absolute atomic E-state index is 12.6. The van der Waals surface area contributed by atoms with Crippen LogP contribution in [-0.2, 0) is 9.53 Å². The molecule has 0 atom stereocenters. The van der Waals surface area contributed by atoms with Crippen LogP contribution in [0.3, 0.4) is 0 Å². The maximum atomic E-state index is 12.6. The molecule has 0 fully saturated rings. The van der Waals surface area contributed by atoms with E-state index in [0.717, 1.165) is 11.1 Å². The average molecular weight is 412 g/mol. The van der Waals surface area contributed by atoms with Gasteiger partial charge in [0.1, 0.15) is 17.3 Å². The molecule has 6 nitrogen and oxygen atoms in total. The van der Waals surface area contributed by atoms with E-state index in [9.17, 15) is 20.0 Å². The quantitative estimate of drug-likeness (QED) is 0.386. The first-order valence-electron chi connectivity index (χ1n) is 9.78. The summed E-state index contributed by atoms with van der Waals surface area (Å²) in [6.45, 7) is 3.85. The van der Waals surface area contributed by atoms with E-state index in [0.29, 0.717) is 16.5 Å². The number of esters is 1. The third-order valence-electron chi connectivity index (χ3n) is 4.70. The number of nitrogens with zero attached hydrogens (tertiary/aromatic N) is 2. The van der Waals surface area contributed by atoms with Gasteiger partial charge in [-0.05, 0) is 31.5 Å². The highest BCUT2D eigenvalue weighted by atomic mass is 16.5. The Labute approximate surface area is 180 Å². The highest BCUT2D eigenvalue weighted by Gasteiger charge is 2.21. The van der Waals surface area contributed by atoms with Gasteiger partial charge in [0.05, 0.1) is 24.1 Å². The standard InChI is InChI=1S/C25H20N2O4/c1-3-31-22(29)14-13-21(28)24-25(30)20(15-26)19-10-6-9-18(23(19)27-24)12-11-17-8-5-4-7-16(17)2/h4-10,30H,3,13-14H2,1-2H3. The molecule has 1 N–H and O–H groups in total. The first kappa shape index (κ1) is 21.5. The Bertz CT molecular complexity index is 1280. The second-order valence-electron chi connectivity index (χ2n) is 6.79. The highest BCUT2D eigenvalue weighted by molar-refractivity contribution is 6.03. The molecule has 0 bridgehead atoms. The first-order chi connectivity index (χ1) is 15.0. The Morgan fingerprint density at radius 3 is 2.48 bits per heavy atom. The number of hydrogen-bond donors (Lipinski definition) is 1. The Kier molecular flexibility index (Phi) is 6.64. The van der Waals surface area contributed by atoms with Crippen molar-refractivity contribution in [1.29, 1.82) is 5.26 Å². The number of aromatic hydroxyl groups is 1. The van der Waals surface area contributed by atoms with Crippen molar-refractivity contribution < 1.29 is 19.4 Å². The van der Waals surface area contributed by atoms with Crippen molar-refractivity contribution in [3.8, 4) is 23.7 Å². The van der Waals surface area contributed by atoms with Gasteiger partial charge >= 0.3 is 5.97 Å². The van der Waals surface area contributed by atoms with Crippen LogP contribution in [0, 0.1) is 30.1 Å². The van der Waals surface area contributed by atoms with Crippen LogP contribution in [0.4, 0.5) is 0 Å². The SMILES string of the molecule is CCOC(=O)CCC(=O)c1nc2c(C#Cc3ccccc3C)cccc2c(C#N)c1O. The van der Waals surface area contributed by atoms with E-state index in [1.54, 1.807) is 25.1 Å². The Morgan fingerprint density at radius 1 is 1.06 bits per heavy atom. The third-order valence-corrected chi connectivity index (χ3v) is 4.70. The zero-order valence-electron chi connectivity index (χ0n) is 17.2. The minimum absolute atomic E-state index is 0.0518. The number of hydrogen-bond acceptors (Lipinski definition) is 6. The minimum Gasteiger partial charge on any atom is -0.504 e. The van der Waals surface area contributed by atoms with Crippen LogP contribution in [0.5, 0.6) is 5.75 Å². The monoisotopic (exact) mass is 412 g/mol. The van der Waals surface area contributed by atoms with Crippen LogP contribution >= 0.6 is 0 Å². The lowest BCUT2D eigenvalue weighted by atomic mass is 10.0. The number of Topliss-reactive ketones (excluding diaryl/α,β-unsaturated/α-hetero) is 1. The molecule has 1 aromatic heterocycles. The number of ether oxygens (including phenoxy) is 1. The van der Waals surface area contributed by atoms with Gasteiger partial charge in [-0.2, -0.15) is 5.26 Å². The fourth-order valence-corrected chi connectivity index (χ4v) is 3.10. The molecule has 3 aromatic rings. The van der Waals surface area contributed by atoms with Gasteiger partial charge in [-0.15, -0.1) is 0 Å². The smallest absolute Gasteiger partial charge is 0.306 e. The summed E-state index contributed by atoms with van der Waals surface area (Å²) in [5.74, 6) is 4.60. The van der Waals surface area contributed by atoms with Crippen LogP contribution in [-0.4, -0.2) is 28.4 Å². The van der Waals surface area contributed by atoms with Gasteiger partial charge in [-0.1, -0.05) is 42.2 Å². The summed E-state index contributed by atoms with van der Waals surface area (Å²) in [7, 11) is 0. The number of ketones is 1. The second-order valence-corrected chi connectivity index (χ2v) is 6.79. The molecule has 2 aromatic carbocycles. The summed E-state index contributed by atoms with van der Waals surface area (Å²) < 4.78 is 4.83. The molecule has 0 aliphatic rings. The van der Waals surface area contributed by atoms with Crippen molar-refractivity contribution >= 4 is 22.7 Å². The number of nitriles is 1. The normalized spacial score (nSPS) is 10.1. The molecule has 0 radical (unpaired) electrons. The van der Waals surface area contributed by atoms with Crippen LogP contribution in [0.1, 0.15) is 52.5 Å². The zero-order valence-corrected chi connectivity index (χ0v) is 17.2. The molecule has 1 heterocycles. The number of para-hydroxylation sites is 1. The number of rotatable bonds is 5. The number of carbonyl (C=O) groups is 2. The minimum atomic E-state index is -0.550. The zero-order chi connectivity index (χ0) is 22.4. The fraction of sp³-hybridized carbons (Fsp3) is 0.200. The topological polar surface area (TPSA) is 100 Å². The van der Waals surface area contributed by atoms with E-state index < -0.39 is 17.5 Å². The summed E-state index contributed by atoms with van der Waals surface area (Å²) in [5.41, 5.74) is 2.44. The van der Waals surface area contributed by atoms with Gasteiger partial charge in [0.25, 0.3) is 0 Å². The van der Waals surface area contributed by atoms with Crippen molar-refractivity contribution in [1.82, 2.24) is 4.98 Å². The second kappa shape index (κ2) is 9.56. The molecule has 31 heavy (non-hydrogen) atoms. The molecule has 0 aliphatic heterocycles. The number of pyridine rings is 1. The van der Waals surface area contributed by atoms with Gasteiger partial charge in [0, 0.05) is 17.4 Å². The van der Waals surface area contributed by atoms with Gasteiger partial charge in [-0.3, -0.25) is 9.59 Å². The molecule has 0 unspecified atom stereocenters. The van der Waals surface area contributed by atoms with Crippen molar-refractivity contribution in [3.05, 3.63) is 70.4 Å². The third kappa shape index (κ3) is 4.71. The Hall–Kier alpha value is -4.16. The molecule has 0 spiro atoms. The maximum Gasteiger partial charge on any atom is 0.306 e. The van der Waals surface area contributed by atoms with E-state index in [4.69, 9.17) is 4.74 Å². The summed E-state index contributed by atoms with van der Waals surface area (Å²) in [6, 6.07) is 14.7. The van der Waals surface area contributed by atoms with Gasteiger partial charge < -0.3 is 9.84 Å². The number of fused-ring (bicyclic) bond motifs is 1. The molecular weight excluding hydrogens is 392 g/mol. The number of aromatic nitrogens is 1. The van der Waals surface area contributed by atoms with Gasteiger partial charge in [0.2, 0.25) is 0 Å². The van der Waals surface area contributed by atoms with E-state index in [1.165, 1.54) is 0 Å². The van der Waals surface area contributed by atoms with Crippen LogP contribution in [0.15, 0.2) is 42.5 Å². The summed E-state index contributed by atoms with van der Waals surface area (Å²) in [5, 5.41) is 20.5. The van der Waals surface area contributed by atoms with E-state index in [-0.39, 0.29) is 30.7 Å². The van der Waals surface area contributed by atoms with Crippen LogP contribution in [0.25, 0.3) is 10.9 Å². The Balaban J connectivity index is 2.08. The number of carbonyl (C=O) groups excluding carboxylic acids is 2. The molecule has 0 saturated carbocycles. The van der Waals surface area contributed by atoms with Crippen molar-refractivity contribution in [2.45, 2.75) is 26.7 Å². The first-order valence-corrected chi connectivity index (χ1v) is 9.78. The number of benzene rings is 2. The summed E-state index contributed by atoms with van der Waals surface area (Å²) in [4.78, 5) is 28.6. The van der Waals surface area contributed by atoms with Crippen LogP contribution < -0.4 is 0 Å². The summed E-state index contributed by atoms with van der Waals surface area (Å²) in [6.07, 6.45) is -0.324. The molecule has 6 heteroatoms. The van der Waals surface area contributed by atoms with Crippen LogP contribution in [0.2, 0.25) is 0 Å². The van der Waals surface area contributed by atoms with E-state index in [2.05, 4.69) is 16.8 Å². The molecule has 0 amide bonds. The molecular formula is C25H20N2O4. The lowest BCUT2D eigenvalue weighted by Crippen LogP contribution is -2.10. The molecule has 0 aliphatic carbocycles. The molecule has 0 saturated heterocycles. The predicted octanol–water partition coefficient (Wildman–Crippen LogP) is 4.05. The number of aryl methyl sites for hydroxylation is 1. The van der Waals surface area contributed by atoms with E-state index >= 15 is 0 Å². The predicted molar refractivity (Wildman–Crippen MR) is 115 cm³/mol. The summed E-state index contributed by atoms with van der Waals surface area (Å²) >= 11 is 0. The van der Waals surface area contributed by atoms with Gasteiger partial charge in [0.15, 0.2) is 11.5 Å². The lowest BCUT2D eigenvalue weighted by molar-refractivity contribution is -0.143. The largest absolute Gasteiger partial charge is 0.504 e. The lowest BCUT2D eigenvalue weighted by Gasteiger charge is -2.09. The van der Waals surface area contributed by atoms with E-state index in [1.807, 2.05) is 37.3 Å². The Morgan fingerprint density at radius 2 is 1.77 bits per heavy atom.